The summed E-state index contributed by atoms with van der Waals surface area (Å²) in [7, 11) is 0. The Hall–Kier alpha value is -2.38. The molecule has 1 saturated heterocycles. The highest BCUT2D eigenvalue weighted by molar-refractivity contribution is 5.79. The van der Waals surface area contributed by atoms with E-state index < -0.39 is 23.4 Å². The maximum absolute atomic E-state index is 12.7. The summed E-state index contributed by atoms with van der Waals surface area (Å²) in [6.07, 6.45) is -4.77. The molecule has 144 valence electrons. The predicted octanol–water partition coefficient (Wildman–Crippen LogP) is 2.61. The van der Waals surface area contributed by atoms with Crippen LogP contribution in [0.15, 0.2) is 54.6 Å². The van der Waals surface area contributed by atoms with Crippen LogP contribution >= 0.6 is 0 Å². The summed E-state index contributed by atoms with van der Waals surface area (Å²) in [4.78, 5) is 12.6. The van der Waals surface area contributed by atoms with Crippen molar-refractivity contribution in [3.8, 4) is 0 Å². The largest absolute Gasteiger partial charge is 0.416 e. The lowest BCUT2D eigenvalue weighted by atomic mass is 9.79. The number of rotatable bonds is 4. The molecule has 0 saturated carbocycles. The third kappa shape index (κ3) is 4.31. The van der Waals surface area contributed by atoms with Crippen LogP contribution in [0.5, 0.6) is 0 Å². The summed E-state index contributed by atoms with van der Waals surface area (Å²) >= 11 is 0. The van der Waals surface area contributed by atoms with Crippen LogP contribution in [0.4, 0.5) is 13.2 Å². The zero-order chi connectivity index (χ0) is 19.5. The lowest BCUT2D eigenvalue weighted by Crippen LogP contribution is -2.61. The van der Waals surface area contributed by atoms with Crippen molar-refractivity contribution in [3.63, 3.8) is 0 Å². The first kappa shape index (κ1) is 19.4. The van der Waals surface area contributed by atoms with E-state index in [1.165, 1.54) is 12.1 Å². The average molecular weight is 378 g/mol. The third-order valence-corrected chi connectivity index (χ3v) is 4.90. The van der Waals surface area contributed by atoms with E-state index in [0.717, 1.165) is 17.7 Å². The van der Waals surface area contributed by atoms with E-state index in [1.54, 1.807) is 0 Å². The molecule has 4 nitrogen and oxygen atoms in total. The van der Waals surface area contributed by atoms with Gasteiger partial charge in [0.05, 0.1) is 23.6 Å². The van der Waals surface area contributed by atoms with Gasteiger partial charge in [-0.05, 0) is 36.2 Å². The monoisotopic (exact) mass is 378 g/mol. The molecule has 3 rings (SSSR count). The molecule has 3 N–H and O–H groups in total. The van der Waals surface area contributed by atoms with Crippen LogP contribution in [0, 0.1) is 0 Å². The van der Waals surface area contributed by atoms with E-state index in [9.17, 15) is 23.1 Å². The number of β-amino-alcohol motifs (C(OH)–C–C–N with tert-alkyl or cyclic N) is 1. The summed E-state index contributed by atoms with van der Waals surface area (Å²) in [6, 6.07) is 13.8. The molecule has 0 bridgehead atoms. The minimum absolute atomic E-state index is 0.0626. The van der Waals surface area contributed by atoms with Gasteiger partial charge < -0.3 is 15.7 Å². The van der Waals surface area contributed by atoms with Crippen LogP contribution in [-0.4, -0.2) is 30.2 Å². The number of carbonyl (C=O) groups excluding carboxylic acids is 1. The first-order chi connectivity index (χ1) is 12.8. The number of carbonyl (C=O) groups is 1. The Morgan fingerprint density at radius 2 is 1.81 bits per heavy atom. The highest BCUT2D eigenvalue weighted by atomic mass is 19.4. The van der Waals surface area contributed by atoms with Crippen molar-refractivity contribution in [2.45, 2.75) is 30.7 Å². The van der Waals surface area contributed by atoms with Crippen LogP contribution in [0.2, 0.25) is 0 Å². The van der Waals surface area contributed by atoms with Gasteiger partial charge in [-0.15, -0.1) is 0 Å². The van der Waals surface area contributed by atoms with Gasteiger partial charge in [-0.3, -0.25) is 4.79 Å². The Morgan fingerprint density at radius 3 is 2.41 bits per heavy atom. The summed E-state index contributed by atoms with van der Waals surface area (Å²) < 4.78 is 38.0. The van der Waals surface area contributed by atoms with Crippen molar-refractivity contribution >= 4 is 5.91 Å². The smallest absolute Gasteiger partial charge is 0.389 e. The quantitative estimate of drug-likeness (QED) is 0.767. The van der Waals surface area contributed by atoms with E-state index in [-0.39, 0.29) is 12.3 Å². The Balaban J connectivity index is 1.77. The number of aliphatic hydroxyl groups excluding tert-OH is 1. The lowest BCUT2D eigenvalue weighted by Gasteiger charge is -2.43. The fourth-order valence-corrected chi connectivity index (χ4v) is 3.45. The minimum atomic E-state index is -4.41. The van der Waals surface area contributed by atoms with Crippen molar-refractivity contribution in [1.82, 2.24) is 10.6 Å². The molecule has 2 aromatic carbocycles. The molecule has 1 aliphatic rings. The van der Waals surface area contributed by atoms with E-state index in [2.05, 4.69) is 10.6 Å². The molecule has 27 heavy (non-hydrogen) atoms. The van der Waals surface area contributed by atoms with E-state index >= 15 is 0 Å². The molecular formula is C20H21F3N2O2. The van der Waals surface area contributed by atoms with Gasteiger partial charge in [-0.1, -0.05) is 42.5 Å². The summed E-state index contributed by atoms with van der Waals surface area (Å²) in [6.45, 7) is 0.974. The third-order valence-electron chi connectivity index (χ3n) is 4.90. The van der Waals surface area contributed by atoms with Crippen LogP contribution in [-0.2, 0) is 22.9 Å². The normalized spacial score (nSPS) is 23.0. The molecule has 1 heterocycles. The van der Waals surface area contributed by atoms with Gasteiger partial charge in [-0.25, -0.2) is 0 Å². The Labute approximate surface area is 155 Å². The molecule has 1 amide bonds. The number of halogens is 3. The second-order valence-electron chi connectivity index (χ2n) is 6.73. The van der Waals surface area contributed by atoms with Crippen molar-refractivity contribution in [3.05, 3.63) is 71.3 Å². The molecule has 7 heteroatoms. The van der Waals surface area contributed by atoms with E-state index in [1.807, 2.05) is 30.3 Å². The first-order valence-corrected chi connectivity index (χ1v) is 8.73. The Kier molecular flexibility index (Phi) is 5.53. The topological polar surface area (TPSA) is 61.4 Å². The molecule has 0 aromatic heterocycles. The zero-order valence-corrected chi connectivity index (χ0v) is 14.6. The molecular weight excluding hydrogens is 357 g/mol. The van der Waals surface area contributed by atoms with Gasteiger partial charge in [-0.2, -0.15) is 13.2 Å². The fourth-order valence-electron chi connectivity index (χ4n) is 3.45. The van der Waals surface area contributed by atoms with Crippen LogP contribution in [0.3, 0.4) is 0 Å². The number of benzene rings is 2. The SMILES string of the molecule is O=C(Cc1ccc(C(F)(F)F)cc1)N[C@]1(c2ccccc2)CCNC[C@H]1O. The number of hydrogen-bond donors (Lipinski definition) is 3. The van der Waals surface area contributed by atoms with Gasteiger partial charge >= 0.3 is 6.18 Å². The molecule has 2 atom stereocenters. The van der Waals surface area contributed by atoms with Gasteiger partial charge in [0.25, 0.3) is 0 Å². The number of amides is 1. The second-order valence-corrected chi connectivity index (χ2v) is 6.73. The van der Waals surface area contributed by atoms with E-state index in [0.29, 0.717) is 25.1 Å². The highest BCUT2D eigenvalue weighted by Gasteiger charge is 2.42. The molecule has 0 spiro atoms. The number of hydrogen-bond acceptors (Lipinski definition) is 3. The number of piperidine rings is 1. The van der Waals surface area contributed by atoms with Crippen LogP contribution < -0.4 is 10.6 Å². The maximum atomic E-state index is 12.7. The van der Waals surface area contributed by atoms with Crippen molar-refractivity contribution in [2.75, 3.05) is 13.1 Å². The molecule has 0 aliphatic carbocycles. The van der Waals surface area contributed by atoms with Crippen LogP contribution in [0.25, 0.3) is 0 Å². The molecule has 1 fully saturated rings. The van der Waals surface area contributed by atoms with Crippen molar-refractivity contribution in [1.29, 1.82) is 0 Å². The van der Waals surface area contributed by atoms with Crippen molar-refractivity contribution < 1.29 is 23.1 Å². The maximum Gasteiger partial charge on any atom is 0.416 e. The van der Waals surface area contributed by atoms with Crippen LogP contribution in [0.1, 0.15) is 23.1 Å². The highest BCUT2D eigenvalue weighted by Crippen LogP contribution is 2.32. The summed E-state index contributed by atoms with van der Waals surface area (Å²) in [5.74, 6) is -0.348. The van der Waals surface area contributed by atoms with Gasteiger partial charge in [0.1, 0.15) is 0 Å². The fraction of sp³-hybridized carbons (Fsp3) is 0.350. The lowest BCUT2D eigenvalue weighted by molar-refractivity contribution is -0.137. The summed E-state index contributed by atoms with van der Waals surface area (Å²) in [5.41, 5.74) is -0.386. The minimum Gasteiger partial charge on any atom is -0.389 e. The molecule has 1 aliphatic heterocycles. The molecule has 0 radical (unpaired) electrons. The number of nitrogens with one attached hydrogen (secondary N) is 2. The van der Waals surface area contributed by atoms with Crippen molar-refractivity contribution in [2.24, 2.45) is 0 Å². The zero-order valence-electron chi connectivity index (χ0n) is 14.6. The Morgan fingerprint density at radius 1 is 1.15 bits per heavy atom. The standard InChI is InChI=1S/C20H21F3N2O2/c21-20(22,23)16-8-6-14(7-9-16)12-18(27)25-19(10-11-24-13-17(19)26)15-4-2-1-3-5-15/h1-9,17,24,26H,10-13H2,(H,25,27)/t17-,19+/m1/s1. The molecule has 2 aromatic rings. The Bertz CT molecular complexity index is 778. The number of alkyl halides is 3. The van der Waals surface area contributed by atoms with Gasteiger partial charge in [0, 0.05) is 6.54 Å². The van der Waals surface area contributed by atoms with Gasteiger partial charge in [0.2, 0.25) is 5.91 Å². The average Bonchev–Trinajstić information content (AvgIpc) is 2.64. The van der Waals surface area contributed by atoms with E-state index in [4.69, 9.17) is 0 Å². The number of aliphatic hydroxyl groups is 1. The summed E-state index contributed by atoms with van der Waals surface area (Å²) in [5, 5.41) is 16.6. The first-order valence-electron chi connectivity index (χ1n) is 8.73. The second kappa shape index (κ2) is 7.70. The predicted molar refractivity (Wildman–Crippen MR) is 94.9 cm³/mol. The molecule has 0 unspecified atom stereocenters. The van der Waals surface area contributed by atoms with Gasteiger partial charge in [0.15, 0.2) is 0 Å².